The van der Waals surface area contributed by atoms with E-state index in [4.69, 9.17) is 4.99 Å². The molecule has 1 saturated heterocycles. The highest BCUT2D eigenvalue weighted by Crippen LogP contribution is 2.35. The maximum Gasteiger partial charge on any atom is 0.208 e. The Morgan fingerprint density at radius 3 is 2.25 bits per heavy atom. The van der Waals surface area contributed by atoms with Crippen LogP contribution in [0.25, 0.3) is 0 Å². The standard InChI is InChI=1S/C19H39N5O2S.HI/c1-3-20-18(21-13-10-14-23-27(2,25)26)22-17-19(11-6-4-7-12-19)24-15-8-5-9-16-24;/h23H,3-17H2,1-2H3,(H2,20,21,22);1H. The van der Waals surface area contributed by atoms with Crippen LogP contribution in [-0.4, -0.2) is 70.3 Å². The molecule has 0 aromatic rings. The average Bonchev–Trinajstić information content (AvgIpc) is 2.66. The molecule has 7 nitrogen and oxygen atoms in total. The number of hydrogen-bond donors (Lipinski definition) is 3. The number of rotatable bonds is 9. The molecule has 1 heterocycles. The molecule has 28 heavy (non-hydrogen) atoms. The molecular weight excluding hydrogens is 489 g/mol. The van der Waals surface area contributed by atoms with Gasteiger partial charge in [0, 0.05) is 25.2 Å². The molecule has 9 heteroatoms. The van der Waals surface area contributed by atoms with E-state index in [2.05, 4.69) is 27.2 Å². The van der Waals surface area contributed by atoms with Crippen LogP contribution in [0.5, 0.6) is 0 Å². The predicted octanol–water partition coefficient (Wildman–Crippen LogP) is 2.29. The van der Waals surface area contributed by atoms with Crippen molar-refractivity contribution in [2.24, 2.45) is 4.99 Å². The maximum atomic E-state index is 11.1. The number of piperidine rings is 1. The Hall–Kier alpha value is -0.130. The van der Waals surface area contributed by atoms with Crippen LogP contribution in [0.1, 0.15) is 64.7 Å². The summed E-state index contributed by atoms with van der Waals surface area (Å²) in [6, 6.07) is 0. The smallest absolute Gasteiger partial charge is 0.208 e. The Labute approximate surface area is 189 Å². The summed E-state index contributed by atoms with van der Waals surface area (Å²) in [5, 5.41) is 6.68. The molecule has 0 atom stereocenters. The summed E-state index contributed by atoms with van der Waals surface area (Å²) < 4.78 is 24.8. The number of halogens is 1. The molecule has 0 unspecified atom stereocenters. The van der Waals surface area contributed by atoms with Crippen LogP contribution in [0.2, 0.25) is 0 Å². The Bertz CT molecular complexity index is 559. The van der Waals surface area contributed by atoms with Gasteiger partial charge in [0.15, 0.2) is 5.96 Å². The third-order valence-electron chi connectivity index (χ3n) is 5.70. The lowest BCUT2D eigenvalue weighted by Gasteiger charge is -2.47. The van der Waals surface area contributed by atoms with E-state index in [9.17, 15) is 8.42 Å². The van der Waals surface area contributed by atoms with Gasteiger partial charge in [-0.2, -0.15) is 0 Å². The maximum absolute atomic E-state index is 11.1. The second-order valence-corrected chi connectivity index (χ2v) is 9.81. The van der Waals surface area contributed by atoms with E-state index in [0.29, 0.717) is 13.1 Å². The van der Waals surface area contributed by atoms with E-state index in [1.165, 1.54) is 70.7 Å². The van der Waals surface area contributed by atoms with E-state index in [0.717, 1.165) is 25.5 Å². The van der Waals surface area contributed by atoms with Gasteiger partial charge in [0.1, 0.15) is 0 Å². The van der Waals surface area contributed by atoms with Gasteiger partial charge in [-0.15, -0.1) is 24.0 Å². The van der Waals surface area contributed by atoms with Crippen LogP contribution < -0.4 is 15.4 Å². The first-order valence-electron chi connectivity index (χ1n) is 10.7. The fraction of sp³-hybridized carbons (Fsp3) is 0.947. The molecule has 3 N–H and O–H groups in total. The van der Waals surface area contributed by atoms with Crippen LogP contribution >= 0.6 is 24.0 Å². The first kappa shape index (κ1) is 25.9. The van der Waals surface area contributed by atoms with Gasteiger partial charge in [-0.3, -0.25) is 9.89 Å². The van der Waals surface area contributed by atoms with Crippen LogP contribution in [0.4, 0.5) is 0 Å². The average molecular weight is 530 g/mol. The summed E-state index contributed by atoms with van der Waals surface area (Å²) in [5.41, 5.74) is 0.235. The number of nitrogens with one attached hydrogen (secondary N) is 3. The van der Waals surface area contributed by atoms with Crippen molar-refractivity contribution in [3.05, 3.63) is 0 Å². The van der Waals surface area contributed by atoms with Gasteiger partial charge in [0.05, 0.1) is 12.8 Å². The second kappa shape index (κ2) is 13.2. The second-order valence-electron chi connectivity index (χ2n) is 7.97. The van der Waals surface area contributed by atoms with Crippen molar-refractivity contribution >= 4 is 40.0 Å². The quantitative estimate of drug-likeness (QED) is 0.185. The SMILES string of the molecule is CCNC(=NCC1(N2CCCCC2)CCCCC1)NCCCNS(C)(=O)=O.I. The molecule has 0 aromatic carbocycles. The number of sulfonamides is 1. The van der Waals surface area contributed by atoms with Crippen LogP contribution in [0.3, 0.4) is 0 Å². The molecule has 0 bridgehead atoms. The molecule has 1 aliphatic carbocycles. The van der Waals surface area contributed by atoms with E-state index in [-0.39, 0.29) is 29.5 Å². The van der Waals surface area contributed by atoms with Crippen molar-refractivity contribution in [3.63, 3.8) is 0 Å². The van der Waals surface area contributed by atoms with E-state index < -0.39 is 10.0 Å². The fourth-order valence-electron chi connectivity index (χ4n) is 4.27. The van der Waals surface area contributed by atoms with Gasteiger partial charge < -0.3 is 10.6 Å². The van der Waals surface area contributed by atoms with Gasteiger partial charge >= 0.3 is 0 Å². The van der Waals surface area contributed by atoms with Crippen molar-refractivity contribution in [3.8, 4) is 0 Å². The first-order chi connectivity index (χ1) is 13.0. The monoisotopic (exact) mass is 529 g/mol. The summed E-state index contributed by atoms with van der Waals surface area (Å²) in [6.07, 6.45) is 12.4. The summed E-state index contributed by atoms with van der Waals surface area (Å²) >= 11 is 0. The lowest BCUT2D eigenvalue weighted by molar-refractivity contribution is 0.0407. The van der Waals surface area contributed by atoms with E-state index in [1.807, 2.05) is 0 Å². The van der Waals surface area contributed by atoms with Gasteiger partial charge in [-0.25, -0.2) is 13.1 Å². The van der Waals surface area contributed by atoms with Crippen LogP contribution in [0, 0.1) is 0 Å². The van der Waals surface area contributed by atoms with E-state index >= 15 is 0 Å². The fourth-order valence-corrected chi connectivity index (χ4v) is 4.79. The zero-order valence-corrected chi connectivity index (χ0v) is 20.8. The lowest BCUT2D eigenvalue weighted by Crippen LogP contribution is -2.54. The van der Waals surface area contributed by atoms with Gasteiger partial charge in [-0.1, -0.05) is 25.7 Å². The third kappa shape index (κ3) is 9.13. The van der Waals surface area contributed by atoms with Gasteiger partial charge in [0.2, 0.25) is 10.0 Å². The molecule has 1 aliphatic heterocycles. The molecule has 2 aliphatic rings. The van der Waals surface area contributed by atoms with Crippen molar-refractivity contribution in [2.45, 2.75) is 70.3 Å². The van der Waals surface area contributed by atoms with Gasteiger partial charge in [0.25, 0.3) is 0 Å². The van der Waals surface area contributed by atoms with Crippen LogP contribution in [-0.2, 0) is 10.0 Å². The number of nitrogens with zero attached hydrogens (tertiary/aromatic N) is 2. The number of likely N-dealkylation sites (tertiary alicyclic amines) is 1. The molecule has 1 saturated carbocycles. The summed E-state index contributed by atoms with van der Waals surface area (Å²) in [5.74, 6) is 0.846. The largest absolute Gasteiger partial charge is 0.357 e. The Balaban J connectivity index is 0.00000392. The molecule has 0 radical (unpaired) electrons. The molecule has 2 fully saturated rings. The molecule has 0 spiro atoms. The molecular formula is C19H40IN5O2S. The van der Waals surface area contributed by atoms with Crippen molar-refractivity contribution < 1.29 is 8.42 Å². The minimum absolute atomic E-state index is 0. The Kier molecular flexibility index (Phi) is 12.2. The number of hydrogen-bond acceptors (Lipinski definition) is 4. The summed E-state index contributed by atoms with van der Waals surface area (Å²) in [4.78, 5) is 7.67. The zero-order valence-electron chi connectivity index (χ0n) is 17.6. The van der Waals surface area contributed by atoms with Crippen molar-refractivity contribution in [1.82, 2.24) is 20.3 Å². The van der Waals surface area contributed by atoms with Gasteiger partial charge in [-0.05, 0) is 52.1 Å². The minimum Gasteiger partial charge on any atom is -0.357 e. The Morgan fingerprint density at radius 1 is 1.00 bits per heavy atom. The number of guanidine groups is 1. The molecule has 0 aromatic heterocycles. The highest BCUT2D eigenvalue weighted by molar-refractivity contribution is 14.0. The topological polar surface area (TPSA) is 85.8 Å². The Morgan fingerprint density at radius 2 is 1.64 bits per heavy atom. The molecule has 0 amide bonds. The molecule has 2 rings (SSSR count). The lowest BCUT2D eigenvalue weighted by atomic mass is 9.79. The molecule has 166 valence electrons. The highest BCUT2D eigenvalue weighted by atomic mass is 127. The normalized spacial score (nSPS) is 21.0. The third-order valence-corrected chi connectivity index (χ3v) is 6.43. The van der Waals surface area contributed by atoms with E-state index in [1.54, 1.807) is 0 Å². The first-order valence-corrected chi connectivity index (χ1v) is 12.6. The highest BCUT2D eigenvalue weighted by Gasteiger charge is 2.38. The summed E-state index contributed by atoms with van der Waals surface area (Å²) in [7, 11) is -3.11. The summed E-state index contributed by atoms with van der Waals surface area (Å²) in [6.45, 7) is 7.33. The zero-order chi connectivity index (χ0) is 19.6. The van der Waals surface area contributed by atoms with Crippen LogP contribution in [0.15, 0.2) is 4.99 Å². The van der Waals surface area contributed by atoms with Crippen molar-refractivity contribution in [1.29, 1.82) is 0 Å². The van der Waals surface area contributed by atoms with Crippen molar-refractivity contribution in [2.75, 3.05) is 45.5 Å². The predicted molar refractivity (Wildman–Crippen MR) is 128 cm³/mol. The minimum atomic E-state index is -3.11. The number of aliphatic imine (C=N–C) groups is 1.